The first-order valence-corrected chi connectivity index (χ1v) is 5.25. The standard InChI is InChI=1S/C6H13N.C3H5N3O3/c7-6-4-2-1-3-5-6;4-6-5-2(1-7)3(8)9/h6H,1-5,7H2;2,7H,1H2,(H,8,9)/t;2-/m.1/s1. The maximum Gasteiger partial charge on any atom is 0.314 e. The van der Waals surface area contributed by atoms with Crippen molar-refractivity contribution >= 4 is 5.97 Å². The van der Waals surface area contributed by atoms with Crippen molar-refractivity contribution in [3.05, 3.63) is 10.4 Å². The molecule has 7 heteroatoms. The zero-order valence-electron chi connectivity index (χ0n) is 9.12. The van der Waals surface area contributed by atoms with Crippen LogP contribution in [0.2, 0.25) is 0 Å². The summed E-state index contributed by atoms with van der Waals surface area (Å²) in [5.74, 6) is -1.32. The molecule has 0 amide bonds. The SMILES string of the molecule is NC1CCCCC1.[N-]=[N+]=N[C@H](CO)C(=O)O. The summed E-state index contributed by atoms with van der Waals surface area (Å²) in [5, 5.41) is 19.0. The quantitative estimate of drug-likeness (QED) is 0.379. The molecular formula is C9H18N4O3. The monoisotopic (exact) mass is 230 g/mol. The van der Waals surface area contributed by atoms with Gasteiger partial charge in [-0.2, -0.15) is 0 Å². The van der Waals surface area contributed by atoms with E-state index in [0.29, 0.717) is 6.04 Å². The highest BCUT2D eigenvalue weighted by molar-refractivity contribution is 5.73. The van der Waals surface area contributed by atoms with Gasteiger partial charge in [-0.15, -0.1) is 0 Å². The van der Waals surface area contributed by atoms with Crippen molar-refractivity contribution in [2.75, 3.05) is 6.61 Å². The Morgan fingerprint density at radius 1 is 1.50 bits per heavy atom. The van der Waals surface area contributed by atoms with Crippen molar-refractivity contribution in [1.82, 2.24) is 0 Å². The predicted octanol–water partition coefficient (Wildman–Crippen LogP) is 1.02. The molecule has 0 heterocycles. The Morgan fingerprint density at radius 2 is 2.06 bits per heavy atom. The van der Waals surface area contributed by atoms with Crippen LogP contribution in [0.4, 0.5) is 0 Å². The highest BCUT2D eigenvalue weighted by atomic mass is 16.4. The van der Waals surface area contributed by atoms with E-state index in [9.17, 15) is 4.79 Å². The maximum absolute atomic E-state index is 9.90. The van der Waals surface area contributed by atoms with Crippen LogP contribution >= 0.6 is 0 Å². The molecule has 7 nitrogen and oxygen atoms in total. The second-order valence-electron chi connectivity index (χ2n) is 3.64. The lowest BCUT2D eigenvalue weighted by Gasteiger charge is -2.15. The van der Waals surface area contributed by atoms with Gasteiger partial charge < -0.3 is 15.9 Å². The highest BCUT2D eigenvalue weighted by Crippen LogP contribution is 2.14. The third-order valence-corrected chi connectivity index (χ3v) is 2.30. The van der Waals surface area contributed by atoms with Gasteiger partial charge >= 0.3 is 5.97 Å². The largest absolute Gasteiger partial charge is 0.481 e. The number of carboxylic acids is 1. The van der Waals surface area contributed by atoms with Crippen molar-refractivity contribution in [3.63, 3.8) is 0 Å². The molecule has 1 fully saturated rings. The molecule has 92 valence electrons. The molecule has 1 aliphatic rings. The number of azide groups is 1. The molecule has 0 aromatic heterocycles. The predicted molar refractivity (Wildman–Crippen MR) is 58.7 cm³/mol. The van der Waals surface area contributed by atoms with Crippen LogP contribution in [0, 0.1) is 0 Å². The van der Waals surface area contributed by atoms with Gasteiger partial charge in [0, 0.05) is 11.0 Å². The van der Waals surface area contributed by atoms with Gasteiger partial charge in [0.2, 0.25) is 0 Å². The third-order valence-electron chi connectivity index (χ3n) is 2.30. The fourth-order valence-electron chi connectivity index (χ4n) is 1.36. The maximum atomic E-state index is 9.90. The minimum absolute atomic E-state index is 0.536. The zero-order chi connectivity index (χ0) is 12.4. The summed E-state index contributed by atoms with van der Waals surface area (Å²) >= 11 is 0. The molecule has 4 N–H and O–H groups in total. The molecule has 1 aliphatic carbocycles. The zero-order valence-corrected chi connectivity index (χ0v) is 9.12. The van der Waals surface area contributed by atoms with Gasteiger partial charge in [-0.1, -0.05) is 24.4 Å². The molecule has 1 atom stereocenters. The molecule has 0 bridgehead atoms. The van der Waals surface area contributed by atoms with Crippen LogP contribution in [-0.2, 0) is 4.79 Å². The number of rotatable bonds is 3. The molecule has 0 spiro atoms. The molecule has 0 aromatic rings. The Bertz CT molecular complexity index is 245. The summed E-state index contributed by atoms with van der Waals surface area (Å²) in [6.45, 7) is -0.667. The topological polar surface area (TPSA) is 132 Å². The van der Waals surface area contributed by atoms with Crippen molar-refractivity contribution in [3.8, 4) is 0 Å². The van der Waals surface area contributed by atoms with E-state index in [1.807, 2.05) is 0 Å². The molecule has 0 aliphatic heterocycles. The first-order chi connectivity index (χ1) is 7.61. The van der Waals surface area contributed by atoms with Crippen LogP contribution in [0.5, 0.6) is 0 Å². The number of aliphatic hydroxyl groups is 1. The Labute approximate surface area is 93.9 Å². The Balaban J connectivity index is 0.000000288. The fraction of sp³-hybridized carbons (Fsp3) is 0.889. The van der Waals surface area contributed by atoms with Gasteiger partial charge in [0.05, 0.1) is 6.61 Å². The summed E-state index contributed by atoms with van der Waals surface area (Å²) in [7, 11) is 0. The summed E-state index contributed by atoms with van der Waals surface area (Å²) in [4.78, 5) is 12.1. The Hall–Kier alpha value is -1.30. The molecular weight excluding hydrogens is 212 g/mol. The van der Waals surface area contributed by atoms with Crippen LogP contribution in [0.1, 0.15) is 32.1 Å². The molecule has 1 rings (SSSR count). The summed E-state index contributed by atoms with van der Waals surface area (Å²) in [5.41, 5.74) is 13.3. The minimum Gasteiger partial charge on any atom is -0.481 e. The lowest BCUT2D eigenvalue weighted by atomic mass is 9.97. The van der Waals surface area contributed by atoms with E-state index in [2.05, 4.69) is 10.0 Å². The van der Waals surface area contributed by atoms with Gasteiger partial charge in [0.25, 0.3) is 0 Å². The summed E-state index contributed by atoms with van der Waals surface area (Å²) in [6, 6.07) is -0.816. The average Bonchev–Trinajstić information content (AvgIpc) is 2.27. The molecule has 0 radical (unpaired) electrons. The van der Waals surface area contributed by atoms with Crippen molar-refractivity contribution in [1.29, 1.82) is 0 Å². The lowest BCUT2D eigenvalue weighted by molar-refractivity contribution is -0.139. The van der Waals surface area contributed by atoms with E-state index in [-0.39, 0.29) is 0 Å². The number of aliphatic carboxylic acids is 1. The number of carboxylic acid groups (broad SMARTS) is 1. The smallest absolute Gasteiger partial charge is 0.314 e. The Kier molecular flexibility index (Phi) is 8.24. The number of carbonyl (C=O) groups is 1. The van der Waals surface area contributed by atoms with E-state index >= 15 is 0 Å². The highest BCUT2D eigenvalue weighted by Gasteiger charge is 2.12. The van der Waals surface area contributed by atoms with Crippen molar-refractivity contribution in [2.45, 2.75) is 44.2 Å². The average molecular weight is 230 g/mol. The van der Waals surface area contributed by atoms with Crippen LogP contribution in [-0.4, -0.2) is 34.9 Å². The van der Waals surface area contributed by atoms with E-state index in [0.717, 1.165) is 0 Å². The summed E-state index contributed by atoms with van der Waals surface area (Å²) < 4.78 is 0. The number of aliphatic hydroxyl groups excluding tert-OH is 1. The summed E-state index contributed by atoms with van der Waals surface area (Å²) in [6.07, 6.45) is 6.66. The van der Waals surface area contributed by atoms with Gasteiger partial charge in [-0.25, -0.2) is 0 Å². The van der Waals surface area contributed by atoms with Gasteiger partial charge in [-0.05, 0) is 18.4 Å². The molecule has 0 unspecified atom stereocenters. The molecule has 16 heavy (non-hydrogen) atoms. The van der Waals surface area contributed by atoms with Crippen molar-refractivity contribution < 1.29 is 15.0 Å². The number of hydrogen-bond donors (Lipinski definition) is 3. The van der Waals surface area contributed by atoms with E-state index in [1.54, 1.807) is 0 Å². The van der Waals surface area contributed by atoms with Gasteiger partial charge in [0.15, 0.2) is 6.04 Å². The first-order valence-electron chi connectivity index (χ1n) is 5.25. The number of nitrogens with zero attached hydrogens (tertiary/aromatic N) is 3. The van der Waals surface area contributed by atoms with Crippen LogP contribution in [0.15, 0.2) is 5.11 Å². The van der Waals surface area contributed by atoms with E-state index in [1.165, 1.54) is 32.1 Å². The molecule has 0 aromatic carbocycles. The second-order valence-corrected chi connectivity index (χ2v) is 3.64. The molecule has 0 saturated heterocycles. The minimum atomic E-state index is -1.35. The fourth-order valence-corrected chi connectivity index (χ4v) is 1.36. The number of nitrogens with two attached hydrogens (primary N) is 1. The Morgan fingerprint density at radius 3 is 2.25 bits per heavy atom. The normalized spacial score (nSPS) is 17.6. The lowest BCUT2D eigenvalue weighted by Crippen LogP contribution is -2.22. The van der Waals surface area contributed by atoms with Crippen LogP contribution < -0.4 is 5.73 Å². The molecule has 1 saturated carbocycles. The van der Waals surface area contributed by atoms with Gasteiger partial charge in [-0.3, -0.25) is 4.79 Å². The number of hydrogen-bond acceptors (Lipinski definition) is 4. The van der Waals surface area contributed by atoms with E-state index < -0.39 is 18.6 Å². The first kappa shape index (κ1) is 14.7. The van der Waals surface area contributed by atoms with Crippen LogP contribution in [0.25, 0.3) is 10.4 Å². The van der Waals surface area contributed by atoms with E-state index in [4.69, 9.17) is 21.5 Å². The second kappa shape index (κ2) is 8.96. The third kappa shape index (κ3) is 7.05. The van der Waals surface area contributed by atoms with Crippen molar-refractivity contribution in [2.24, 2.45) is 10.8 Å². The van der Waals surface area contributed by atoms with Crippen LogP contribution in [0.3, 0.4) is 0 Å². The van der Waals surface area contributed by atoms with Gasteiger partial charge in [0.1, 0.15) is 0 Å².